The largest absolute Gasteiger partial charge is 0.490 e. The lowest BCUT2D eigenvalue weighted by Crippen LogP contribution is -1.98. The van der Waals surface area contributed by atoms with E-state index in [4.69, 9.17) is 9.47 Å². The first-order chi connectivity index (χ1) is 8.17. The van der Waals surface area contributed by atoms with E-state index in [0.717, 1.165) is 17.1 Å². The summed E-state index contributed by atoms with van der Waals surface area (Å²) in [6.45, 7) is 9.58. The summed E-state index contributed by atoms with van der Waals surface area (Å²) in [6.07, 6.45) is 4.29. The van der Waals surface area contributed by atoms with E-state index >= 15 is 0 Å². The fourth-order valence-corrected chi connectivity index (χ4v) is 1.47. The van der Waals surface area contributed by atoms with Gasteiger partial charge >= 0.3 is 0 Å². The van der Waals surface area contributed by atoms with Gasteiger partial charge in [0.2, 0.25) is 0 Å². The van der Waals surface area contributed by atoms with Gasteiger partial charge in [-0.25, -0.2) is 0 Å². The molecule has 0 amide bonds. The average molecular weight is 234 g/mol. The Bertz CT molecular complexity index is 367. The van der Waals surface area contributed by atoms with E-state index in [9.17, 15) is 0 Å². The summed E-state index contributed by atoms with van der Waals surface area (Å²) in [5, 5.41) is 0. The second kappa shape index (κ2) is 7.00. The summed E-state index contributed by atoms with van der Waals surface area (Å²) in [5.74, 6) is 2.19. The first kappa shape index (κ1) is 13.6. The van der Waals surface area contributed by atoms with Gasteiger partial charge in [-0.15, -0.1) is 0 Å². The van der Waals surface area contributed by atoms with E-state index in [2.05, 4.69) is 26.0 Å². The molecular weight excluding hydrogens is 212 g/mol. The third-order valence-corrected chi connectivity index (χ3v) is 2.24. The molecule has 2 nitrogen and oxygen atoms in total. The lowest BCUT2D eigenvalue weighted by atomic mass is 10.1. The highest BCUT2D eigenvalue weighted by Crippen LogP contribution is 2.29. The maximum atomic E-state index is 5.58. The van der Waals surface area contributed by atoms with Crippen molar-refractivity contribution in [2.45, 2.75) is 27.7 Å². The zero-order valence-electron chi connectivity index (χ0n) is 11.2. The first-order valence-corrected chi connectivity index (χ1v) is 6.25. The maximum absolute atomic E-state index is 5.58. The number of benzene rings is 1. The second-order valence-electron chi connectivity index (χ2n) is 4.18. The van der Waals surface area contributed by atoms with Crippen LogP contribution in [0.3, 0.4) is 0 Å². The van der Waals surface area contributed by atoms with Crippen molar-refractivity contribution in [3.8, 4) is 11.5 Å². The SMILES string of the molecule is CCOc1ccc(/C=C/C(C)C)cc1OCC. The summed E-state index contributed by atoms with van der Waals surface area (Å²) < 4.78 is 11.1. The van der Waals surface area contributed by atoms with E-state index in [1.54, 1.807) is 0 Å². The fraction of sp³-hybridized carbons (Fsp3) is 0.467. The van der Waals surface area contributed by atoms with Gasteiger partial charge in [-0.3, -0.25) is 0 Å². The van der Waals surface area contributed by atoms with Gasteiger partial charge in [-0.2, -0.15) is 0 Å². The van der Waals surface area contributed by atoms with Gasteiger partial charge in [0.25, 0.3) is 0 Å². The van der Waals surface area contributed by atoms with Crippen molar-refractivity contribution >= 4 is 6.08 Å². The molecule has 0 aliphatic rings. The molecule has 1 aromatic rings. The number of ether oxygens (including phenoxy) is 2. The van der Waals surface area contributed by atoms with Crippen molar-refractivity contribution in [1.82, 2.24) is 0 Å². The molecule has 0 fully saturated rings. The van der Waals surface area contributed by atoms with E-state index in [1.807, 2.05) is 32.0 Å². The summed E-state index contributed by atoms with van der Waals surface area (Å²) in [4.78, 5) is 0. The zero-order valence-corrected chi connectivity index (χ0v) is 11.2. The van der Waals surface area contributed by atoms with Crippen LogP contribution in [-0.4, -0.2) is 13.2 Å². The van der Waals surface area contributed by atoms with Crippen LogP contribution in [0.1, 0.15) is 33.3 Å². The number of rotatable bonds is 6. The number of hydrogen-bond acceptors (Lipinski definition) is 2. The Kier molecular flexibility index (Phi) is 5.61. The molecule has 0 unspecified atom stereocenters. The monoisotopic (exact) mass is 234 g/mol. The third kappa shape index (κ3) is 4.51. The van der Waals surface area contributed by atoms with Crippen molar-refractivity contribution in [1.29, 1.82) is 0 Å². The molecule has 0 bridgehead atoms. The van der Waals surface area contributed by atoms with Crippen LogP contribution in [0.15, 0.2) is 24.3 Å². The van der Waals surface area contributed by atoms with Crippen molar-refractivity contribution in [3.05, 3.63) is 29.8 Å². The van der Waals surface area contributed by atoms with Crippen LogP contribution in [0.5, 0.6) is 11.5 Å². The standard InChI is InChI=1S/C15H22O2/c1-5-16-14-10-9-13(8-7-12(3)4)11-15(14)17-6-2/h7-12H,5-6H2,1-4H3/b8-7+. The molecule has 17 heavy (non-hydrogen) atoms. The Morgan fingerprint density at radius 2 is 1.71 bits per heavy atom. The molecule has 0 aliphatic heterocycles. The van der Waals surface area contributed by atoms with Crippen LogP contribution in [0, 0.1) is 5.92 Å². The molecule has 0 aliphatic carbocycles. The number of hydrogen-bond donors (Lipinski definition) is 0. The van der Waals surface area contributed by atoms with Gasteiger partial charge < -0.3 is 9.47 Å². The van der Waals surface area contributed by atoms with E-state index in [1.165, 1.54) is 0 Å². The van der Waals surface area contributed by atoms with Crippen molar-refractivity contribution in [3.63, 3.8) is 0 Å². The molecule has 0 saturated heterocycles. The molecule has 0 N–H and O–H groups in total. The van der Waals surface area contributed by atoms with Crippen molar-refractivity contribution < 1.29 is 9.47 Å². The Hall–Kier alpha value is -1.44. The molecule has 0 spiro atoms. The van der Waals surface area contributed by atoms with E-state index in [-0.39, 0.29) is 0 Å². The molecule has 2 heteroatoms. The van der Waals surface area contributed by atoms with Crippen molar-refractivity contribution in [2.75, 3.05) is 13.2 Å². The summed E-state index contributed by atoms with van der Waals surface area (Å²) >= 11 is 0. The minimum absolute atomic E-state index is 0.553. The zero-order chi connectivity index (χ0) is 12.7. The molecule has 0 heterocycles. The minimum atomic E-state index is 0.553. The van der Waals surface area contributed by atoms with Crippen LogP contribution in [0.25, 0.3) is 6.08 Å². The molecule has 94 valence electrons. The van der Waals surface area contributed by atoms with E-state index < -0.39 is 0 Å². The van der Waals surface area contributed by atoms with Gasteiger partial charge in [0, 0.05) is 0 Å². The Labute approximate surface area is 104 Å². The summed E-state index contributed by atoms with van der Waals surface area (Å²) in [7, 11) is 0. The smallest absolute Gasteiger partial charge is 0.161 e. The lowest BCUT2D eigenvalue weighted by Gasteiger charge is -2.11. The molecule has 0 aromatic heterocycles. The number of allylic oxidation sites excluding steroid dienone is 1. The molecular formula is C15H22O2. The highest BCUT2D eigenvalue weighted by atomic mass is 16.5. The summed E-state index contributed by atoms with van der Waals surface area (Å²) in [5.41, 5.74) is 1.14. The third-order valence-electron chi connectivity index (χ3n) is 2.24. The van der Waals surface area contributed by atoms with Crippen LogP contribution >= 0.6 is 0 Å². The fourth-order valence-electron chi connectivity index (χ4n) is 1.47. The highest BCUT2D eigenvalue weighted by Gasteiger charge is 2.04. The normalized spacial score (nSPS) is 11.1. The molecule has 1 aromatic carbocycles. The van der Waals surface area contributed by atoms with Gasteiger partial charge in [0.1, 0.15) is 0 Å². The predicted molar refractivity (Wildman–Crippen MR) is 72.7 cm³/mol. The highest BCUT2D eigenvalue weighted by molar-refractivity contribution is 5.56. The lowest BCUT2D eigenvalue weighted by molar-refractivity contribution is 0.287. The van der Waals surface area contributed by atoms with Crippen LogP contribution in [0.4, 0.5) is 0 Å². The minimum Gasteiger partial charge on any atom is -0.490 e. The quantitative estimate of drug-likeness (QED) is 0.736. The average Bonchev–Trinajstić information content (AvgIpc) is 2.30. The van der Waals surface area contributed by atoms with Gasteiger partial charge in [-0.05, 0) is 37.5 Å². The molecule has 0 radical (unpaired) electrons. The Morgan fingerprint density at radius 3 is 2.29 bits per heavy atom. The van der Waals surface area contributed by atoms with Crippen LogP contribution in [-0.2, 0) is 0 Å². The van der Waals surface area contributed by atoms with Gasteiger partial charge in [0.15, 0.2) is 11.5 Å². The predicted octanol–water partition coefficient (Wildman–Crippen LogP) is 4.15. The van der Waals surface area contributed by atoms with Crippen LogP contribution in [0.2, 0.25) is 0 Å². The molecule has 1 rings (SSSR count). The Morgan fingerprint density at radius 1 is 1.06 bits per heavy atom. The maximum Gasteiger partial charge on any atom is 0.161 e. The van der Waals surface area contributed by atoms with Crippen molar-refractivity contribution in [2.24, 2.45) is 5.92 Å². The van der Waals surface area contributed by atoms with Gasteiger partial charge in [-0.1, -0.05) is 32.1 Å². The first-order valence-electron chi connectivity index (χ1n) is 6.25. The van der Waals surface area contributed by atoms with Gasteiger partial charge in [0.05, 0.1) is 13.2 Å². The Balaban J connectivity index is 2.92. The molecule has 0 atom stereocenters. The van der Waals surface area contributed by atoms with E-state index in [0.29, 0.717) is 19.1 Å². The summed E-state index contributed by atoms with van der Waals surface area (Å²) in [6, 6.07) is 6.04. The topological polar surface area (TPSA) is 18.5 Å². The molecule has 0 saturated carbocycles. The van der Waals surface area contributed by atoms with Crippen LogP contribution < -0.4 is 9.47 Å². The second-order valence-corrected chi connectivity index (χ2v) is 4.18.